The first-order chi connectivity index (χ1) is 12.5. The quantitative estimate of drug-likeness (QED) is 0.615. The van der Waals surface area contributed by atoms with E-state index < -0.39 is 0 Å². The van der Waals surface area contributed by atoms with Gasteiger partial charge in [-0.2, -0.15) is 0 Å². The number of hydrogen-bond acceptors (Lipinski definition) is 3. The normalized spacial score (nSPS) is 10.2. The highest BCUT2D eigenvalue weighted by Crippen LogP contribution is 2.17. The summed E-state index contributed by atoms with van der Waals surface area (Å²) < 4.78 is 0.587. The molecule has 0 spiro atoms. The molecule has 130 valence electrons. The molecule has 0 radical (unpaired) electrons. The predicted octanol–water partition coefficient (Wildman–Crippen LogP) is 4.66. The average Bonchev–Trinajstić information content (AvgIpc) is 2.62. The van der Waals surface area contributed by atoms with Crippen molar-refractivity contribution in [2.24, 2.45) is 0 Å². The Hall–Kier alpha value is -2.99. The van der Waals surface area contributed by atoms with Crippen LogP contribution in [0.5, 0.6) is 0 Å². The second-order valence-corrected chi connectivity index (χ2v) is 6.51. The zero-order chi connectivity index (χ0) is 18.5. The molecule has 2 N–H and O–H groups in total. The first kappa shape index (κ1) is 17.8. The lowest BCUT2D eigenvalue weighted by atomic mass is 10.1. The van der Waals surface area contributed by atoms with Gasteiger partial charge in [-0.1, -0.05) is 29.8 Å². The third-order valence-corrected chi connectivity index (χ3v) is 4.08. The molecule has 6 heteroatoms. The van der Waals surface area contributed by atoms with Crippen molar-refractivity contribution in [1.82, 2.24) is 4.98 Å². The number of amides is 2. The van der Waals surface area contributed by atoms with Crippen LogP contribution in [0.3, 0.4) is 0 Å². The molecule has 2 amide bonds. The number of halogens is 1. The fraction of sp³-hybridized carbons (Fsp3) is 0.0500. The Kier molecular flexibility index (Phi) is 5.43. The highest BCUT2D eigenvalue weighted by Gasteiger charge is 2.10. The summed E-state index contributed by atoms with van der Waals surface area (Å²) in [5.41, 5.74) is 3.12. The van der Waals surface area contributed by atoms with Crippen molar-refractivity contribution in [3.8, 4) is 0 Å². The van der Waals surface area contributed by atoms with Crippen LogP contribution in [0.1, 0.15) is 26.4 Å². The van der Waals surface area contributed by atoms with Crippen LogP contribution >= 0.6 is 15.9 Å². The number of nitrogens with one attached hydrogen (secondary N) is 2. The van der Waals surface area contributed by atoms with Crippen molar-refractivity contribution in [1.29, 1.82) is 0 Å². The molecule has 26 heavy (non-hydrogen) atoms. The number of anilines is 2. The lowest BCUT2D eigenvalue weighted by Crippen LogP contribution is -2.15. The van der Waals surface area contributed by atoms with Gasteiger partial charge in [-0.3, -0.25) is 9.59 Å². The molecule has 0 atom stereocenters. The SMILES string of the molecule is Cc1ccc(C(=O)Nc2cccc(NC(=O)c3cccc(Br)n3)c2)cc1. The maximum absolute atomic E-state index is 12.3. The summed E-state index contributed by atoms with van der Waals surface area (Å²) in [7, 11) is 0. The van der Waals surface area contributed by atoms with E-state index in [0.717, 1.165) is 5.56 Å². The van der Waals surface area contributed by atoms with E-state index in [2.05, 4.69) is 31.5 Å². The summed E-state index contributed by atoms with van der Waals surface area (Å²) in [4.78, 5) is 28.7. The molecule has 0 saturated carbocycles. The summed E-state index contributed by atoms with van der Waals surface area (Å²) >= 11 is 3.24. The maximum atomic E-state index is 12.3. The monoisotopic (exact) mass is 409 g/mol. The molecule has 0 fully saturated rings. The minimum absolute atomic E-state index is 0.206. The van der Waals surface area contributed by atoms with E-state index in [4.69, 9.17) is 0 Å². The molecule has 0 aliphatic heterocycles. The highest BCUT2D eigenvalue weighted by atomic mass is 79.9. The van der Waals surface area contributed by atoms with Gasteiger partial charge in [0.1, 0.15) is 10.3 Å². The molecule has 1 heterocycles. The summed E-state index contributed by atoms with van der Waals surface area (Å²) in [6.07, 6.45) is 0. The zero-order valence-electron chi connectivity index (χ0n) is 14.0. The van der Waals surface area contributed by atoms with Crippen LogP contribution < -0.4 is 10.6 Å². The van der Waals surface area contributed by atoms with Crippen LogP contribution in [-0.4, -0.2) is 16.8 Å². The lowest BCUT2D eigenvalue weighted by molar-refractivity contribution is 0.101. The van der Waals surface area contributed by atoms with E-state index in [0.29, 0.717) is 27.2 Å². The Morgan fingerprint density at radius 2 is 1.46 bits per heavy atom. The van der Waals surface area contributed by atoms with Gasteiger partial charge in [-0.15, -0.1) is 0 Å². The second kappa shape index (κ2) is 7.93. The summed E-state index contributed by atoms with van der Waals surface area (Å²) in [5.74, 6) is -0.532. The van der Waals surface area contributed by atoms with Gasteiger partial charge in [-0.05, 0) is 65.3 Å². The highest BCUT2D eigenvalue weighted by molar-refractivity contribution is 9.10. The Morgan fingerprint density at radius 1 is 0.846 bits per heavy atom. The second-order valence-electron chi connectivity index (χ2n) is 5.70. The van der Waals surface area contributed by atoms with Gasteiger partial charge in [0.15, 0.2) is 0 Å². The topological polar surface area (TPSA) is 71.1 Å². The molecule has 5 nitrogen and oxygen atoms in total. The van der Waals surface area contributed by atoms with Crippen LogP contribution in [0.2, 0.25) is 0 Å². The molecule has 1 aromatic heterocycles. The number of pyridine rings is 1. The number of benzene rings is 2. The molecule has 3 aromatic rings. The van der Waals surface area contributed by atoms with Crippen molar-refractivity contribution < 1.29 is 9.59 Å². The third-order valence-electron chi connectivity index (χ3n) is 3.64. The van der Waals surface area contributed by atoms with Gasteiger partial charge in [0, 0.05) is 16.9 Å². The number of rotatable bonds is 4. The molecule has 0 bridgehead atoms. The maximum Gasteiger partial charge on any atom is 0.274 e. The number of hydrogen-bond donors (Lipinski definition) is 2. The molecule has 3 rings (SSSR count). The minimum atomic E-state index is -0.326. The van der Waals surface area contributed by atoms with E-state index in [-0.39, 0.29) is 11.8 Å². The van der Waals surface area contributed by atoms with Gasteiger partial charge in [0.25, 0.3) is 11.8 Å². The summed E-state index contributed by atoms with van der Waals surface area (Å²) in [5, 5.41) is 5.60. The van der Waals surface area contributed by atoms with E-state index >= 15 is 0 Å². The standard InChI is InChI=1S/C20H16BrN3O2/c1-13-8-10-14(11-9-13)19(25)22-15-4-2-5-16(12-15)23-20(26)17-6-3-7-18(21)24-17/h2-12H,1H3,(H,22,25)(H,23,26). The fourth-order valence-corrected chi connectivity index (χ4v) is 2.66. The first-order valence-electron chi connectivity index (χ1n) is 7.93. The molecule has 0 saturated heterocycles. The molecule has 0 aliphatic carbocycles. The molecule has 0 unspecified atom stereocenters. The van der Waals surface area contributed by atoms with E-state index in [1.807, 2.05) is 19.1 Å². The average molecular weight is 410 g/mol. The van der Waals surface area contributed by atoms with Crippen LogP contribution in [0.25, 0.3) is 0 Å². The van der Waals surface area contributed by atoms with E-state index in [1.54, 1.807) is 54.6 Å². The zero-order valence-corrected chi connectivity index (χ0v) is 15.6. The Balaban J connectivity index is 1.71. The first-order valence-corrected chi connectivity index (χ1v) is 8.72. The number of aryl methyl sites for hydroxylation is 1. The predicted molar refractivity (Wildman–Crippen MR) is 105 cm³/mol. The van der Waals surface area contributed by atoms with Gasteiger partial charge in [-0.25, -0.2) is 4.98 Å². The van der Waals surface area contributed by atoms with Gasteiger partial charge >= 0.3 is 0 Å². The minimum Gasteiger partial charge on any atom is -0.322 e. The van der Waals surface area contributed by atoms with Crippen molar-refractivity contribution in [3.05, 3.63) is 88.2 Å². The van der Waals surface area contributed by atoms with Gasteiger partial charge in [0.05, 0.1) is 0 Å². The van der Waals surface area contributed by atoms with Gasteiger partial charge < -0.3 is 10.6 Å². The molecule has 0 aliphatic rings. The van der Waals surface area contributed by atoms with Crippen molar-refractivity contribution in [2.45, 2.75) is 6.92 Å². The number of aromatic nitrogens is 1. The Morgan fingerprint density at radius 3 is 2.12 bits per heavy atom. The van der Waals surface area contributed by atoms with Crippen LogP contribution in [-0.2, 0) is 0 Å². The van der Waals surface area contributed by atoms with Gasteiger partial charge in [0.2, 0.25) is 0 Å². The van der Waals surface area contributed by atoms with Crippen molar-refractivity contribution in [3.63, 3.8) is 0 Å². The smallest absolute Gasteiger partial charge is 0.274 e. The van der Waals surface area contributed by atoms with Crippen molar-refractivity contribution in [2.75, 3.05) is 10.6 Å². The third kappa shape index (κ3) is 4.55. The van der Waals surface area contributed by atoms with Crippen molar-refractivity contribution >= 4 is 39.1 Å². The Labute approximate surface area is 159 Å². The van der Waals surface area contributed by atoms with Crippen LogP contribution in [0, 0.1) is 6.92 Å². The summed E-state index contributed by atoms with van der Waals surface area (Å²) in [6.45, 7) is 1.97. The molecule has 2 aromatic carbocycles. The van der Waals surface area contributed by atoms with Crippen LogP contribution in [0.15, 0.2) is 71.3 Å². The summed E-state index contributed by atoms with van der Waals surface area (Å²) in [6, 6.07) is 19.4. The Bertz CT molecular complexity index is 955. The van der Waals surface area contributed by atoms with E-state index in [9.17, 15) is 9.59 Å². The largest absolute Gasteiger partial charge is 0.322 e. The number of nitrogens with zero attached hydrogens (tertiary/aromatic N) is 1. The number of carbonyl (C=O) groups excluding carboxylic acids is 2. The fourth-order valence-electron chi connectivity index (χ4n) is 2.31. The van der Waals surface area contributed by atoms with E-state index in [1.165, 1.54) is 0 Å². The molecular formula is C20H16BrN3O2. The lowest BCUT2D eigenvalue weighted by Gasteiger charge is -2.09. The van der Waals surface area contributed by atoms with Crippen LogP contribution in [0.4, 0.5) is 11.4 Å². The molecular weight excluding hydrogens is 394 g/mol. The number of carbonyl (C=O) groups is 2.